The van der Waals surface area contributed by atoms with E-state index in [-0.39, 0.29) is 11.6 Å². The number of esters is 1. The molecule has 3 nitrogen and oxygen atoms in total. The highest BCUT2D eigenvalue weighted by Gasteiger charge is 2.55. The highest BCUT2D eigenvalue weighted by Crippen LogP contribution is 2.53. The van der Waals surface area contributed by atoms with E-state index in [2.05, 4.69) is 66.4 Å². The summed E-state index contributed by atoms with van der Waals surface area (Å²) in [5.74, 6) is 1.22. The van der Waals surface area contributed by atoms with Crippen LogP contribution in [0.15, 0.2) is 60.7 Å². The van der Waals surface area contributed by atoms with Crippen molar-refractivity contribution in [3.05, 3.63) is 71.8 Å². The number of benzene rings is 2. The maximum absolute atomic E-state index is 13.9. The minimum atomic E-state index is -0.462. The van der Waals surface area contributed by atoms with Crippen molar-refractivity contribution in [1.82, 2.24) is 4.90 Å². The summed E-state index contributed by atoms with van der Waals surface area (Å²) in [4.78, 5) is 16.5. The molecule has 1 heterocycles. The third kappa shape index (κ3) is 4.62. The smallest absolute Gasteiger partial charge is 0.317 e. The van der Waals surface area contributed by atoms with Crippen molar-refractivity contribution in [2.45, 2.75) is 82.3 Å². The third-order valence-electron chi connectivity index (χ3n) is 8.84. The molecule has 3 atom stereocenters. The van der Waals surface area contributed by atoms with Crippen LogP contribution in [-0.4, -0.2) is 29.6 Å². The predicted molar refractivity (Wildman–Crippen MR) is 133 cm³/mol. The average molecular weight is 446 g/mol. The summed E-state index contributed by atoms with van der Waals surface area (Å²) in [7, 11) is 0. The number of rotatable bonds is 5. The van der Waals surface area contributed by atoms with Crippen LogP contribution in [0.1, 0.15) is 75.8 Å². The van der Waals surface area contributed by atoms with Crippen molar-refractivity contribution in [3.8, 4) is 0 Å². The number of nitrogens with zero attached hydrogens (tertiary/aromatic N) is 1. The molecule has 1 aliphatic heterocycles. The lowest BCUT2D eigenvalue weighted by Gasteiger charge is -2.53. The molecule has 3 heteroatoms. The SMILES string of the molecule is C[C@]1(OC(=O)C2(c3ccccc3)CCCCCC2)CC2CCN(Cc3ccccc3)CCC21. The molecule has 33 heavy (non-hydrogen) atoms. The van der Waals surface area contributed by atoms with Gasteiger partial charge in [-0.15, -0.1) is 0 Å². The fourth-order valence-corrected chi connectivity index (χ4v) is 6.90. The van der Waals surface area contributed by atoms with Gasteiger partial charge in [0.05, 0.1) is 5.41 Å². The summed E-state index contributed by atoms with van der Waals surface area (Å²) < 4.78 is 6.55. The number of carbonyl (C=O) groups is 1. The normalized spacial score (nSPS) is 29.7. The summed E-state index contributed by atoms with van der Waals surface area (Å²) in [5, 5.41) is 0. The Hall–Kier alpha value is -2.13. The number of fused-ring (bicyclic) bond motifs is 1. The molecule has 2 saturated carbocycles. The van der Waals surface area contributed by atoms with E-state index in [1.807, 2.05) is 6.07 Å². The Balaban J connectivity index is 1.28. The largest absolute Gasteiger partial charge is 0.458 e. The van der Waals surface area contributed by atoms with E-state index in [0.29, 0.717) is 11.8 Å². The highest BCUT2D eigenvalue weighted by atomic mass is 16.6. The molecule has 0 spiro atoms. The Morgan fingerprint density at radius 1 is 0.909 bits per heavy atom. The molecule has 5 rings (SSSR count). The van der Waals surface area contributed by atoms with Crippen molar-refractivity contribution >= 4 is 5.97 Å². The van der Waals surface area contributed by atoms with Gasteiger partial charge >= 0.3 is 5.97 Å². The zero-order valence-corrected chi connectivity index (χ0v) is 20.2. The number of ether oxygens (including phenoxy) is 1. The van der Waals surface area contributed by atoms with Crippen molar-refractivity contribution < 1.29 is 9.53 Å². The van der Waals surface area contributed by atoms with E-state index in [4.69, 9.17) is 4.74 Å². The quantitative estimate of drug-likeness (QED) is 0.388. The first-order chi connectivity index (χ1) is 16.1. The van der Waals surface area contributed by atoms with E-state index in [9.17, 15) is 4.79 Å². The molecule has 3 fully saturated rings. The zero-order valence-electron chi connectivity index (χ0n) is 20.2. The Morgan fingerprint density at radius 2 is 1.55 bits per heavy atom. The maximum Gasteiger partial charge on any atom is 0.317 e. The van der Waals surface area contributed by atoms with Gasteiger partial charge in [0, 0.05) is 12.5 Å². The van der Waals surface area contributed by atoms with Crippen molar-refractivity contribution in [2.75, 3.05) is 13.1 Å². The lowest BCUT2D eigenvalue weighted by atomic mass is 9.59. The monoisotopic (exact) mass is 445 g/mol. The lowest BCUT2D eigenvalue weighted by molar-refractivity contribution is -0.198. The first-order valence-electron chi connectivity index (χ1n) is 13.1. The van der Waals surface area contributed by atoms with E-state index in [1.165, 1.54) is 24.8 Å². The predicted octanol–water partition coefficient (Wildman–Crippen LogP) is 6.51. The Labute approximate surface area is 199 Å². The molecule has 0 bridgehead atoms. The molecule has 2 aromatic carbocycles. The summed E-state index contributed by atoms with van der Waals surface area (Å²) in [6.45, 7) is 5.48. The van der Waals surface area contributed by atoms with Gasteiger partial charge in [-0.1, -0.05) is 86.3 Å². The van der Waals surface area contributed by atoms with Gasteiger partial charge in [0.15, 0.2) is 0 Å². The van der Waals surface area contributed by atoms with Gasteiger partial charge in [-0.2, -0.15) is 0 Å². The molecule has 2 aliphatic carbocycles. The summed E-state index contributed by atoms with van der Waals surface area (Å²) in [6, 6.07) is 21.3. The Kier molecular flexibility index (Phi) is 6.60. The molecule has 0 amide bonds. The van der Waals surface area contributed by atoms with Crippen LogP contribution in [0.2, 0.25) is 0 Å². The Morgan fingerprint density at radius 3 is 2.24 bits per heavy atom. The van der Waals surface area contributed by atoms with Crippen LogP contribution in [0.4, 0.5) is 0 Å². The molecule has 0 N–H and O–H groups in total. The van der Waals surface area contributed by atoms with Gasteiger partial charge in [0.1, 0.15) is 5.60 Å². The van der Waals surface area contributed by atoms with Crippen LogP contribution in [-0.2, 0) is 21.5 Å². The van der Waals surface area contributed by atoms with Crippen molar-refractivity contribution in [3.63, 3.8) is 0 Å². The number of carbonyl (C=O) groups excluding carboxylic acids is 1. The fraction of sp³-hybridized carbons (Fsp3) is 0.567. The second-order valence-corrected chi connectivity index (χ2v) is 11.0. The molecule has 176 valence electrons. The van der Waals surface area contributed by atoms with E-state index in [0.717, 1.165) is 63.7 Å². The zero-order chi connectivity index (χ0) is 22.7. The minimum absolute atomic E-state index is 0.0435. The van der Waals surface area contributed by atoms with E-state index >= 15 is 0 Å². The summed E-state index contributed by atoms with van der Waals surface area (Å²) in [6.07, 6.45) is 9.88. The molecule has 0 radical (unpaired) electrons. The van der Waals surface area contributed by atoms with Gasteiger partial charge in [-0.05, 0) is 69.2 Å². The van der Waals surface area contributed by atoms with Crippen LogP contribution in [0.5, 0.6) is 0 Å². The molecule has 1 saturated heterocycles. The second-order valence-electron chi connectivity index (χ2n) is 11.0. The fourth-order valence-electron chi connectivity index (χ4n) is 6.90. The first kappa shape index (κ1) is 22.7. The average Bonchev–Trinajstić information content (AvgIpc) is 3.18. The van der Waals surface area contributed by atoms with Crippen LogP contribution in [0.25, 0.3) is 0 Å². The third-order valence-corrected chi connectivity index (χ3v) is 8.84. The lowest BCUT2D eigenvalue weighted by Crippen LogP contribution is -2.56. The standard InChI is InChI=1S/C30H39NO2/c1-29(22-25-16-20-31(21-17-27(25)29)23-24-12-6-4-7-13-24)33-28(32)30(18-10-2-3-11-19-30)26-14-8-5-9-15-26/h4-9,12-15,25,27H,2-3,10-11,16-23H2,1H3/t25?,27?,29-/m0/s1. The van der Waals surface area contributed by atoms with Crippen LogP contribution in [0, 0.1) is 11.8 Å². The van der Waals surface area contributed by atoms with E-state index < -0.39 is 5.41 Å². The van der Waals surface area contributed by atoms with E-state index in [1.54, 1.807) is 0 Å². The van der Waals surface area contributed by atoms with Gasteiger partial charge in [-0.3, -0.25) is 9.69 Å². The van der Waals surface area contributed by atoms with Crippen LogP contribution >= 0.6 is 0 Å². The van der Waals surface area contributed by atoms with Crippen LogP contribution < -0.4 is 0 Å². The number of hydrogen-bond donors (Lipinski definition) is 0. The molecule has 0 aromatic heterocycles. The first-order valence-corrected chi connectivity index (χ1v) is 13.1. The summed E-state index contributed by atoms with van der Waals surface area (Å²) >= 11 is 0. The van der Waals surface area contributed by atoms with Crippen molar-refractivity contribution in [2.24, 2.45) is 11.8 Å². The van der Waals surface area contributed by atoms with Gasteiger partial charge in [-0.25, -0.2) is 0 Å². The molecule has 2 aromatic rings. The van der Waals surface area contributed by atoms with Crippen LogP contribution in [0.3, 0.4) is 0 Å². The molecular formula is C30H39NO2. The molecule has 3 aliphatic rings. The maximum atomic E-state index is 13.9. The molecule has 2 unspecified atom stereocenters. The topological polar surface area (TPSA) is 29.5 Å². The van der Waals surface area contributed by atoms with Gasteiger partial charge in [0.25, 0.3) is 0 Å². The number of hydrogen-bond acceptors (Lipinski definition) is 3. The van der Waals surface area contributed by atoms with Gasteiger partial charge in [0.2, 0.25) is 0 Å². The van der Waals surface area contributed by atoms with Gasteiger partial charge < -0.3 is 4.74 Å². The minimum Gasteiger partial charge on any atom is -0.458 e. The highest BCUT2D eigenvalue weighted by molar-refractivity contribution is 5.83. The summed E-state index contributed by atoms with van der Waals surface area (Å²) in [5.41, 5.74) is 1.78. The molecular weight excluding hydrogens is 406 g/mol. The second kappa shape index (κ2) is 9.62. The number of likely N-dealkylation sites (tertiary alicyclic amines) is 1. The Bertz CT molecular complexity index is 919. The van der Waals surface area contributed by atoms with Crippen molar-refractivity contribution in [1.29, 1.82) is 0 Å².